The molecule has 1 aliphatic heterocycles. The highest BCUT2D eigenvalue weighted by atomic mass is 19.1. The van der Waals surface area contributed by atoms with Crippen molar-refractivity contribution in [1.82, 2.24) is 29.1 Å². The van der Waals surface area contributed by atoms with Gasteiger partial charge in [-0.3, -0.25) is 19.0 Å². The molecule has 0 spiro atoms. The highest BCUT2D eigenvalue weighted by molar-refractivity contribution is 5.92. The third-order valence-corrected chi connectivity index (χ3v) is 9.73. The monoisotopic (exact) mass is 791 g/mol. The molecular formula is C44H39F2N11O2. The number of hydrogen-bond donors (Lipinski definition) is 2. The number of nitriles is 2. The van der Waals surface area contributed by atoms with Crippen molar-refractivity contribution in [2.24, 2.45) is 7.05 Å². The van der Waals surface area contributed by atoms with E-state index in [0.717, 1.165) is 52.1 Å². The average molecular weight is 792 g/mol. The molecule has 59 heavy (non-hydrogen) atoms. The molecule has 0 saturated carbocycles. The molecule has 0 atom stereocenters. The molecule has 296 valence electrons. The number of anilines is 3. The Balaban J connectivity index is 0.000000179. The van der Waals surface area contributed by atoms with Crippen LogP contribution in [0.2, 0.25) is 0 Å². The quantitative estimate of drug-likeness (QED) is 0.146. The number of amides is 2. The lowest BCUT2D eigenvalue weighted by atomic mass is 10.1. The molecule has 1 saturated heterocycles. The second kappa shape index (κ2) is 18.1. The lowest BCUT2D eigenvalue weighted by molar-refractivity contribution is -0.116. The van der Waals surface area contributed by atoms with Crippen LogP contribution in [0.5, 0.6) is 0 Å². The number of aryl methyl sites for hydroxylation is 1. The second-order valence-electron chi connectivity index (χ2n) is 14.1. The smallest absolute Gasteiger partial charge is 0.230 e. The van der Waals surface area contributed by atoms with E-state index in [1.54, 1.807) is 52.2 Å². The first-order chi connectivity index (χ1) is 28.6. The summed E-state index contributed by atoms with van der Waals surface area (Å²) in [7, 11) is 1.97. The van der Waals surface area contributed by atoms with Gasteiger partial charge in [-0.25, -0.2) is 13.8 Å². The summed E-state index contributed by atoms with van der Waals surface area (Å²) in [5.74, 6) is 0.412. The Labute approximate surface area is 338 Å². The maximum Gasteiger partial charge on any atom is 0.230 e. The molecule has 2 N–H and O–H groups in total. The van der Waals surface area contributed by atoms with Gasteiger partial charge in [0, 0.05) is 62.6 Å². The lowest BCUT2D eigenvalue weighted by Crippen LogP contribution is -2.19. The number of nitrogens with one attached hydrogen (secondary N) is 2. The minimum absolute atomic E-state index is 0.00151. The second-order valence-corrected chi connectivity index (χ2v) is 14.1. The van der Waals surface area contributed by atoms with Crippen LogP contribution in [0.4, 0.5) is 26.2 Å². The van der Waals surface area contributed by atoms with Crippen LogP contribution in [0.15, 0.2) is 110 Å². The Morgan fingerprint density at radius 1 is 0.678 bits per heavy atom. The number of carbonyl (C=O) groups is 2. The molecule has 7 aromatic rings. The Morgan fingerprint density at radius 2 is 1.22 bits per heavy atom. The summed E-state index contributed by atoms with van der Waals surface area (Å²) in [5.41, 5.74) is 4.33. The van der Waals surface area contributed by atoms with Crippen LogP contribution >= 0.6 is 0 Å². The summed E-state index contributed by atoms with van der Waals surface area (Å²) in [6, 6.07) is 27.7. The number of aromatic nitrogens is 6. The van der Waals surface area contributed by atoms with E-state index in [2.05, 4.69) is 30.7 Å². The maximum atomic E-state index is 13.4. The molecule has 0 bridgehead atoms. The van der Waals surface area contributed by atoms with Gasteiger partial charge in [-0.15, -0.1) is 0 Å². The Kier molecular flexibility index (Phi) is 12.1. The number of benzene rings is 3. The SMILES string of the molecule is Cn1ccc2ccc(CC(=O)Nc3ccn(Cc4ccc(F)c(C#N)c4)n3)cc21.N#Cc1cc(Cn2ccc(NC(=O)Cc3ccc(N4CCCC4)nc3)n2)ccc1F. The molecular weight excluding hydrogens is 753 g/mol. The zero-order chi connectivity index (χ0) is 41.3. The fraction of sp³-hybridized carbons (Fsp3) is 0.205. The standard InChI is InChI=1S/C22H21FN6O.C22H18FN5O/c23-19-5-3-17(11-18(19)13-24)15-29-10-7-20(27-29)26-22(30)12-16-4-6-21(25-14-16)28-8-1-2-9-28;1-27-8-6-17-4-2-15(11-20(17)27)12-22(29)25-21-7-9-28(26-21)14-16-3-5-19(23)18(10-16)13-24/h3-7,10-11,14H,1-2,8-9,12,15H2,(H,26,27,30);2-11H,12,14H2,1H3,(H,25,26,29). The molecule has 0 aliphatic carbocycles. The van der Waals surface area contributed by atoms with Gasteiger partial charge in [0.05, 0.1) is 37.1 Å². The van der Waals surface area contributed by atoms with Gasteiger partial charge in [-0.2, -0.15) is 20.7 Å². The predicted molar refractivity (Wildman–Crippen MR) is 218 cm³/mol. The van der Waals surface area contributed by atoms with Crippen molar-refractivity contribution in [3.05, 3.63) is 155 Å². The van der Waals surface area contributed by atoms with Crippen molar-refractivity contribution in [3.8, 4) is 12.1 Å². The van der Waals surface area contributed by atoms with Crippen molar-refractivity contribution in [2.75, 3.05) is 28.6 Å². The molecule has 1 fully saturated rings. The van der Waals surface area contributed by atoms with E-state index < -0.39 is 11.6 Å². The Bertz CT molecular complexity index is 2700. The van der Waals surface area contributed by atoms with E-state index in [-0.39, 0.29) is 35.8 Å². The van der Waals surface area contributed by atoms with Crippen LogP contribution in [0.1, 0.15) is 46.2 Å². The number of pyridine rings is 1. The average Bonchev–Trinajstić information content (AvgIpc) is 4.07. The van der Waals surface area contributed by atoms with Crippen LogP contribution in [0, 0.1) is 34.3 Å². The zero-order valence-electron chi connectivity index (χ0n) is 32.1. The molecule has 0 radical (unpaired) electrons. The molecule has 8 rings (SSSR count). The number of halogens is 2. The zero-order valence-corrected chi connectivity index (χ0v) is 32.1. The predicted octanol–water partition coefficient (Wildman–Crippen LogP) is 6.73. The molecule has 0 unspecified atom stereocenters. The van der Waals surface area contributed by atoms with Gasteiger partial charge >= 0.3 is 0 Å². The van der Waals surface area contributed by atoms with E-state index in [1.807, 2.05) is 66.3 Å². The largest absolute Gasteiger partial charge is 0.357 e. The van der Waals surface area contributed by atoms with E-state index in [4.69, 9.17) is 10.5 Å². The Hall–Kier alpha value is -7.65. The first-order valence-electron chi connectivity index (χ1n) is 18.9. The maximum absolute atomic E-state index is 13.4. The Morgan fingerprint density at radius 3 is 1.76 bits per heavy atom. The number of hydrogen-bond acceptors (Lipinski definition) is 8. The number of rotatable bonds is 11. The van der Waals surface area contributed by atoms with Crippen molar-refractivity contribution in [2.45, 2.75) is 38.8 Å². The summed E-state index contributed by atoms with van der Waals surface area (Å²) in [4.78, 5) is 31.4. The van der Waals surface area contributed by atoms with Crippen LogP contribution in [-0.4, -0.2) is 54.0 Å². The third-order valence-electron chi connectivity index (χ3n) is 9.73. The third kappa shape index (κ3) is 10.2. The minimum Gasteiger partial charge on any atom is -0.357 e. The van der Waals surface area contributed by atoms with Crippen LogP contribution < -0.4 is 15.5 Å². The van der Waals surface area contributed by atoms with Gasteiger partial charge in [0.1, 0.15) is 29.6 Å². The summed E-state index contributed by atoms with van der Waals surface area (Å²) < 4.78 is 32.1. The summed E-state index contributed by atoms with van der Waals surface area (Å²) in [6.07, 6.45) is 10.0. The van der Waals surface area contributed by atoms with Gasteiger partial charge < -0.3 is 20.1 Å². The highest BCUT2D eigenvalue weighted by Gasteiger charge is 2.15. The first-order valence-corrected chi connectivity index (χ1v) is 18.9. The van der Waals surface area contributed by atoms with Gasteiger partial charge in [-0.1, -0.05) is 30.3 Å². The van der Waals surface area contributed by atoms with Crippen LogP contribution in [0.3, 0.4) is 0 Å². The van der Waals surface area contributed by atoms with Crippen molar-refractivity contribution < 1.29 is 18.4 Å². The summed E-state index contributed by atoms with van der Waals surface area (Å²) >= 11 is 0. The van der Waals surface area contributed by atoms with Gasteiger partial charge in [0.2, 0.25) is 11.8 Å². The van der Waals surface area contributed by atoms with E-state index in [0.29, 0.717) is 24.7 Å². The number of carbonyl (C=O) groups excluding carboxylic acids is 2. The van der Waals surface area contributed by atoms with Crippen molar-refractivity contribution in [1.29, 1.82) is 10.5 Å². The van der Waals surface area contributed by atoms with Gasteiger partial charge in [-0.05, 0) is 82.9 Å². The van der Waals surface area contributed by atoms with Crippen molar-refractivity contribution in [3.63, 3.8) is 0 Å². The van der Waals surface area contributed by atoms with E-state index in [9.17, 15) is 18.4 Å². The van der Waals surface area contributed by atoms with Crippen LogP contribution in [0.25, 0.3) is 10.9 Å². The van der Waals surface area contributed by atoms with Gasteiger partial charge in [0.25, 0.3) is 0 Å². The molecule has 4 aromatic heterocycles. The lowest BCUT2D eigenvalue weighted by Gasteiger charge is -2.16. The fourth-order valence-electron chi connectivity index (χ4n) is 6.74. The van der Waals surface area contributed by atoms with E-state index >= 15 is 0 Å². The molecule has 13 nitrogen and oxygen atoms in total. The highest BCUT2D eigenvalue weighted by Crippen LogP contribution is 2.20. The molecule has 2 amide bonds. The molecule has 1 aliphatic rings. The first kappa shape index (κ1) is 39.6. The van der Waals surface area contributed by atoms with E-state index in [1.165, 1.54) is 37.1 Å². The fourth-order valence-corrected chi connectivity index (χ4v) is 6.74. The molecule has 5 heterocycles. The number of fused-ring (bicyclic) bond motifs is 1. The van der Waals surface area contributed by atoms with Crippen LogP contribution in [-0.2, 0) is 42.6 Å². The minimum atomic E-state index is -0.544. The molecule has 15 heteroatoms. The summed E-state index contributed by atoms with van der Waals surface area (Å²) in [6.45, 7) is 2.80. The normalized spacial score (nSPS) is 12.1. The van der Waals surface area contributed by atoms with Gasteiger partial charge in [0.15, 0.2) is 11.6 Å². The number of nitrogens with zero attached hydrogens (tertiary/aromatic N) is 9. The topological polar surface area (TPSA) is 162 Å². The van der Waals surface area contributed by atoms with Crippen molar-refractivity contribution >= 4 is 40.2 Å². The molecule has 3 aromatic carbocycles. The summed E-state index contributed by atoms with van der Waals surface area (Å²) in [5, 5.41) is 33.2.